The minimum Gasteiger partial charge on any atom is -0.355 e. The Morgan fingerprint density at radius 1 is 1.08 bits per heavy atom. The number of carbonyl (C=O) groups excluding carboxylic acids is 2. The Hall–Kier alpha value is -2.30. The van der Waals surface area contributed by atoms with Crippen molar-refractivity contribution in [1.29, 1.82) is 0 Å². The summed E-state index contributed by atoms with van der Waals surface area (Å²) in [6, 6.07) is 12.3. The highest BCUT2D eigenvalue weighted by Crippen LogP contribution is 2.25. The predicted molar refractivity (Wildman–Crippen MR) is 102 cm³/mol. The van der Waals surface area contributed by atoms with E-state index in [1.807, 2.05) is 12.1 Å². The zero-order valence-corrected chi connectivity index (χ0v) is 15.4. The minimum absolute atomic E-state index is 0.143. The number of hydrogen-bond acceptors (Lipinski definition) is 2. The van der Waals surface area contributed by atoms with Crippen molar-refractivity contribution >= 4 is 41.1 Å². The Bertz CT molecular complexity index is 781. The second kappa shape index (κ2) is 8.70. The Balaban J connectivity index is 2.03. The summed E-state index contributed by atoms with van der Waals surface area (Å²) < 4.78 is 0. The molecule has 2 rings (SSSR count). The van der Waals surface area contributed by atoms with Gasteiger partial charge in [-0.25, -0.2) is 0 Å². The topological polar surface area (TPSA) is 49.4 Å². The van der Waals surface area contributed by atoms with Gasteiger partial charge >= 0.3 is 0 Å². The van der Waals surface area contributed by atoms with E-state index >= 15 is 0 Å². The first-order valence-corrected chi connectivity index (χ1v) is 8.36. The second-order valence-corrected chi connectivity index (χ2v) is 6.25. The Morgan fingerprint density at radius 2 is 1.68 bits per heavy atom. The van der Waals surface area contributed by atoms with E-state index in [-0.39, 0.29) is 11.8 Å². The van der Waals surface area contributed by atoms with Crippen LogP contribution in [0, 0.1) is 0 Å². The molecule has 2 amide bonds. The number of benzene rings is 2. The van der Waals surface area contributed by atoms with Gasteiger partial charge < -0.3 is 10.2 Å². The molecular weight excluding hydrogens is 359 g/mol. The number of carbonyl (C=O) groups is 2. The van der Waals surface area contributed by atoms with Crippen LogP contribution in [0.2, 0.25) is 10.0 Å². The molecule has 0 saturated heterocycles. The smallest absolute Gasteiger partial charge is 0.251 e. The van der Waals surface area contributed by atoms with Crippen LogP contribution in [-0.2, 0) is 11.3 Å². The summed E-state index contributed by atoms with van der Waals surface area (Å²) in [7, 11) is 3.29. The molecule has 1 N–H and O–H groups in total. The van der Waals surface area contributed by atoms with Gasteiger partial charge in [0.1, 0.15) is 0 Å². The van der Waals surface area contributed by atoms with Gasteiger partial charge in [0.15, 0.2) is 0 Å². The molecule has 0 heterocycles. The van der Waals surface area contributed by atoms with Crippen molar-refractivity contribution in [3.05, 3.63) is 75.3 Å². The molecule has 0 aliphatic rings. The van der Waals surface area contributed by atoms with Gasteiger partial charge in [-0.1, -0.05) is 41.4 Å². The third-order valence-corrected chi connectivity index (χ3v) is 4.29. The summed E-state index contributed by atoms with van der Waals surface area (Å²) in [5.74, 6) is -0.318. The molecule has 0 radical (unpaired) electrons. The summed E-state index contributed by atoms with van der Waals surface area (Å²) in [5.41, 5.74) is 2.11. The van der Waals surface area contributed by atoms with Crippen molar-refractivity contribution in [2.24, 2.45) is 0 Å². The molecule has 2 aromatic carbocycles. The maximum atomic E-state index is 12.3. The van der Waals surface area contributed by atoms with Gasteiger partial charge in [-0.3, -0.25) is 9.59 Å². The molecule has 0 fully saturated rings. The number of nitrogens with one attached hydrogen (secondary N) is 1. The molecular formula is C19H18Cl2N2O2. The molecule has 25 heavy (non-hydrogen) atoms. The van der Waals surface area contributed by atoms with E-state index in [0.717, 1.165) is 5.56 Å². The molecule has 2 aromatic rings. The summed E-state index contributed by atoms with van der Waals surface area (Å²) >= 11 is 12.2. The highest BCUT2D eigenvalue weighted by atomic mass is 35.5. The zero-order chi connectivity index (χ0) is 18.4. The molecule has 130 valence electrons. The Morgan fingerprint density at radius 3 is 2.24 bits per heavy atom. The lowest BCUT2D eigenvalue weighted by atomic mass is 10.1. The normalized spacial score (nSPS) is 10.7. The average molecular weight is 377 g/mol. The van der Waals surface area contributed by atoms with Crippen LogP contribution in [0.25, 0.3) is 6.08 Å². The summed E-state index contributed by atoms with van der Waals surface area (Å²) in [6.07, 6.45) is 3.05. The van der Waals surface area contributed by atoms with E-state index in [1.165, 1.54) is 6.08 Å². The maximum absolute atomic E-state index is 12.3. The van der Waals surface area contributed by atoms with Gasteiger partial charge in [0.05, 0.1) is 0 Å². The summed E-state index contributed by atoms with van der Waals surface area (Å²) in [4.78, 5) is 25.3. The third-order valence-electron chi connectivity index (χ3n) is 3.63. The van der Waals surface area contributed by atoms with E-state index < -0.39 is 0 Å². The first kappa shape index (κ1) is 19.0. The van der Waals surface area contributed by atoms with Crippen molar-refractivity contribution in [3.63, 3.8) is 0 Å². The van der Waals surface area contributed by atoms with E-state index in [9.17, 15) is 9.59 Å². The van der Waals surface area contributed by atoms with Crippen LogP contribution in [0.3, 0.4) is 0 Å². The van der Waals surface area contributed by atoms with Crippen LogP contribution in [0.4, 0.5) is 0 Å². The predicted octanol–water partition coefficient (Wildman–Crippen LogP) is 4.02. The van der Waals surface area contributed by atoms with Gasteiger partial charge in [0, 0.05) is 47.9 Å². The SMILES string of the molecule is CNC(=O)c1ccc(CN(C)C(=O)/C=C/c2c(Cl)cccc2Cl)cc1. The summed E-state index contributed by atoms with van der Waals surface area (Å²) in [5, 5.41) is 3.55. The monoisotopic (exact) mass is 376 g/mol. The molecule has 0 atom stereocenters. The standard InChI is InChI=1S/C19H18Cl2N2O2/c1-22-19(25)14-8-6-13(7-9-14)12-23(2)18(24)11-10-15-16(20)4-3-5-17(15)21/h3-11H,12H2,1-2H3,(H,22,25)/b11-10+. The van der Waals surface area contributed by atoms with Crippen LogP contribution < -0.4 is 5.32 Å². The lowest BCUT2D eigenvalue weighted by Crippen LogP contribution is -2.24. The highest BCUT2D eigenvalue weighted by molar-refractivity contribution is 6.37. The number of likely N-dealkylation sites (N-methyl/N-ethyl adjacent to an activating group) is 1. The van der Waals surface area contributed by atoms with Gasteiger partial charge in [0.2, 0.25) is 5.91 Å². The first-order valence-electron chi connectivity index (χ1n) is 7.60. The molecule has 0 aliphatic heterocycles. The number of nitrogens with zero attached hydrogens (tertiary/aromatic N) is 1. The van der Waals surface area contributed by atoms with Gasteiger partial charge in [-0.05, 0) is 35.9 Å². The first-order chi connectivity index (χ1) is 11.9. The average Bonchev–Trinajstić information content (AvgIpc) is 2.61. The molecule has 0 aromatic heterocycles. The fourth-order valence-corrected chi connectivity index (χ4v) is 2.73. The Kier molecular flexibility index (Phi) is 6.62. The van der Waals surface area contributed by atoms with Crippen molar-refractivity contribution < 1.29 is 9.59 Å². The number of halogens is 2. The van der Waals surface area contributed by atoms with E-state index in [4.69, 9.17) is 23.2 Å². The zero-order valence-electron chi connectivity index (χ0n) is 13.9. The van der Waals surface area contributed by atoms with Gasteiger partial charge in [0.25, 0.3) is 5.91 Å². The minimum atomic E-state index is -0.175. The van der Waals surface area contributed by atoms with Crippen LogP contribution in [-0.4, -0.2) is 30.8 Å². The van der Waals surface area contributed by atoms with Crippen LogP contribution >= 0.6 is 23.2 Å². The van der Waals surface area contributed by atoms with Crippen molar-refractivity contribution in [3.8, 4) is 0 Å². The molecule has 0 bridgehead atoms. The van der Waals surface area contributed by atoms with Crippen LogP contribution in [0.15, 0.2) is 48.5 Å². The molecule has 4 nitrogen and oxygen atoms in total. The van der Waals surface area contributed by atoms with E-state index in [1.54, 1.807) is 55.4 Å². The molecule has 0 unspecified atom stereocenters. The molecule has 6 heteroatoms. The molecule has 0 spiro atoms. The molecule has 0 aliphatic carbocycles. The van der Waals surface area contributed by atoms with E-state index in [2.05, 4.69) is 5.32 Å². The number of amides is 2. The van der Waals surface area contributed by atoms with Gasteiger partial charge in [-0.2, -0.15) is 0 Å². The van der Waals surface area contributed by atoms with E-state index in [0.29, 0.717) is 27.7 Å². The van der Waals surface area contributed by atoms with Crippen LogP contribution in [0.5, 0.6) is 0 Å². The lowest BCUT2D eigenvalue weighted by molar-refractivity contribution is -0.125. The highest BCUT2D eigenvalue weighted by Gasteiger charge is 2.08. The third kappa shape index (κ3) is 5.08. The Labute approximate surface area is 157 Å². The van der Waals surface area contributed by atoms with Crippen LogP contribution in [0.1, 0.15) is 21.5 Å². The maximum Gasteiger partial charge on any atom is 0.251 e. The lowest BCUT2D eigenvalue weighted by Gasteiger charge is -2.15. The quantitative estimate of drug-likeness (QED) is 0.800. The molecule has 0 saturated carbocycles. The summed E-state index contributed by atoms with van der Waals surface area (Å²) in [6.45, 7) is 0.424. The fraction of sp³-hybridized carbons (Fsp3) is 0.158. The van der Waals surface area contributed by atoms with Crippen molar-refractivity contribution in [2.45, 2.75) is 6.54 Å². The number of rotatable bonds is 5. The van der Waals surface area contributed by atoms with Crippen molar-refractivity contribution in [1.82, 2.24) is 10.2 Å². The van der Waals surface area contributed by atoms with Crippen molar-refractivity contribution in [2.75, 3.05) is 14.1 Å². The number of hydrogen-bond donors (Lipinski definition) is 1. The van der Waals surface area contributed by atoms with Gasteiger partial charge in [-0.15, -0.1) is 0 Å². The largest absolute Gasteiger partial charge is 0.355 e. The second-order valence-electron chi connectivity index (χ2n) is 5.44. The fourth-order valence-electron chi connectivity index (χ4n) is 2.21.